The van der Waals surface area contributed by atoms with Crippen LogP contribution in [0.1, 0.15) is 24.3 Å². The van der Waals surface area contributed by atoms with Crippen molar-refractivity contribution in [2.45, 2.75) is 18.8 Å². The molecular weight excluding hydrogens is 164 g/mol. The zero-order valence-electron chi connectivity index (χ0n) is 7.48. The lowest BCUT2D eigenvalue weighted by atomic mass is 9.95. The first-order chi connectivity index (χ1) is 6.31. The molecule has 0 heterocycles. The minimum atomic E-state index is 0.218. The molecule has 0 bridgehead atoms. The van der Waals surface area contributed by atoms with E-state index in [0.29, 0.717) is 5.92 Å². The van der Waals surface area contributed by atoms with Gasteiger partial charge in [0.1, 0.15) is 5.75 Å². The summed E-state index contributed by atoms with van der Waals surface area (Å²) < 4.78 is 0. The molecule has 0 aliphatic heterocycles. The highest BCUT2D eigenvalue weighted by molar-refractivity contribution is 5.29. The number of hydrogen-bond donors (Lipinski definition) is 2. The van der Waals surface area contributed by atoms with Gasteiger partial charge in [-0.1, -0.05) is 12.1 Å². The van der Waals surface area contributed by atoms with Crippen LogP contribution in [-0.4, -0.2) is 16.8 Å². The van der Waals surface area contributed by atoms with Crippen LogP contribution in [0.5, 0.6) is 5.75 Å². The summed E-state index contributed by atoms with van der Waals surface area (Å²) in [7, 11) is 0. The average Bonchev–Trinajstić information content (AvgIpc) is 2.93. The van der Waals surface area contributed by atoms with Crippen LogP contribution in [0.25, 0.3) is 0 Å². The van der Waals surface area contributed by atoms with E-state index in [1.807, 2.05) is 12.1 Å². The van der Waals surface area contributed by atoms with Gasteiger partial charge < -0.3 is 10.2 Å². The molecule has 1 aliphatic rings. The predicted molar refractivity (Wildman–Crippen MR) is 50.7 cm³/mol. The molecule has 2 nitrogen and oxygen atoms in total. The van der Waals surface area contributed by atoms with Crippen molar-refractivity contribution in [3.8, 4) is 5.75 Å². The van der Waals surface area contributed by atoms with E-state index in [9.17, 15) is 5.11 Å². The van der Waals surface area contributed by atoms with Crippen molar-refractivity contribution in [3.05, 3.63) is 29.8 Å². The van der Waals surface area contributed by atoms with Gasteiger partial charge in [-0.15, -0.1) is 0 Å². The number of phenols is 1. The first-order valence-electron chi connectivity index (χ1n) is 4.71. The number of aromatic hydroxyl groups is 1. The molecule has 1 atom stereocenters. The van der Waals surface area contributed by atoms with E-state index in [0.717, 1.165) is 5.56 Å². The molecule has 1 aromatic rings. The topological polar surface area (TPSA) is 40.5 Å². The first kappa shape index (κ1) is 8.57. The molecule has 0 saturated heterocycles. The molecule has 1 saturated carbocycles. The van der Waals surface area contributed by atoms with Crippen LogP contribution >= 0.6 is 0 Å². The van der Waals surface area contributed by atoms with Gasteiger partial charge in [-0.25, -0.2) is 0 Å². The van der Waals surface area contributed by atoms with E-state index in [1.165, 1.54) is 12.8 Å². The van der Waals surface area contributed by atoms with Crippen LogP contribution in [0, 0.1) is 5.92 Å². The number of hydrogen-bond acceptors (Lipinski definition) is 2. The Morgan fingerprint density at radius 2 is 1.85 bits per heavy atom. The quantitative estimate of drug-likeness (QED) is 0.741. The Balaban J connectivity index is 2.17. The summed E-state index contributed by atoms with van der Waals surface area (Å²) in [6.07, 6.45) is 2.46. The van der Waals surface area contributed by atoms with Gasteiger partial charge in [0.2, 0.25) is 0 Å². The standard InChI is InChI=1S/C11H14O2/c12-7-11(8-1-2-8)9-3-5-10(13)6-4-9/h3-6,8,11-13H,1-2,7H2. The summed E-state index contributed by atoms with van der Waals surface area (Å²) in [5.74, 6) is 1.23. The molecule has 2 rings (SSSR count). The molecule has 1 unspecified atom stereocenters. The van der Waals surface area contributed by atoms with Gasteiger partial charge in [-0.3, -0.25) is 0 Å². The molecule has 0 amide bonds. The number of benzene rings is 1. The molecular formula is C11H14O2. The van der Waals surface area contributed by atoms with Gasteiger partial charge in [0.05, 0.1) is 6.61 Å². The Bertz CT molecular complexity index is 275. The smallest absolute Gasteiger partial charge is 0.115 e. The van der Waals surface area contributed by atoms with Crippen molar-refractivity contribution in [3.63, 3.8) is 0 Å². The maximum absolute atomic E-state index is 9.20. The number of aliphatic hydroxyl groups excluding tert-OH is 1. The average molecular weight is 178 g/mol. The van der Waals surface area contributed by atoms with Crippen molar-refractivity contribution < 1.29 is 10.2 Å². The van der Waals surface area contributed by atoms with Gasteiger partial charge in [-0.05, 0) is 36.5 Å². The van der Waals surface area contributed by atoms with Gasteiger partial charge in [-0.2, -0.15) is 0 Å². The molecule has 1 aliphatic carbocycles. The van der Waals surface area contributed by atoms with Crippen LogP contribution in [0.2, 0.25) is 0 Å². The predicted octanol–water partition coefficient (Wildman–Crippen LogP) is 1.88. The summed E-state index contributed by atoms with van der Waals surface area (Å²) in [6, 6.07) is 7.16. The fraction of sp³-hybridized carbons (Fsp3) is 0.455. The zero-order valence-corrected chi connectivity index (χ0v) is 7.48. The Kier molecular flexibility index (Phi) is 2.23. The molecule has 13 heavy (non-hydrogen) atoms. The van der Waals surface area contributed by atoms with E-state index < -0.39 is 0 Å². The SMILES string of the molecule is OCC(c1ccc(O)cc1)C1CC1. The zero-order chi connectivity index (χ0) is 9.26. The normalized spacial score (nSPS) is 18.5. The summed E-state index contributed by atoms with van der Waals surface area (Å²) in [5, 5.41) is 18.3. The fourth-order valence-corrected chi connectivity index (χ4v) is 1.75. The fourth-order valence-electron chi connectivity index (χ4n) is 1.75. The summed E-state index contributed by atoms with van der Waals surface area (Å²) in [4.78, 5) is 0. The highest BCUT2D eigenvalue weighted by atomic mass is 16.3. The van der Waals surface area contributed by atoms with Crippen LogP contribution < -0.4 is 0 Å². The van der Waals surface area contributed by atoms with Crippen molar-refractivity contribution in [1.29, 1.82) is 0 Å². The highest BCUT2D eigenvalue weighted by Crippen LogP contribution is 2.42. The molecule has 1 aromatic carbocycles. The maximum atomic E-state index is 9.20. The van der Waals surface area contributed by atoms with Crippen LogP contribution in [0.15, 0.2) is 24.3 Å². The number of rotatable bonds is 3. The van der Waals surface area contributed by atoms with Gasteiger partial charge >= 0.3 is 0 Å². The molecule has 1 fully saturated rings. The Hall–Kier alpha value is -1.02. The second-order valence-electron chi connectivity index (χ2n) is 3.72. The summed E-state index contributed by atoms with van der Waals surface area (Å²) >= 11 is 0. The third kappa shape index (κ3) is 1.83. The lowest BCUT2D eigenvalue weighted by Gasteiger charge is -2.12. The van der Waals surface area contributed by atoms with Crippen molar-refractivity contribution >= 4 is 0 Å². The minimum Gasteiger partial charge on any atom is -0.508 e. The van der Waals surface area contributed by atoms with Gasteiger partial charge in [0.15, 0.2) is 0 Å². The van der Waals surface area contributed by atoms with Crippen LogP contribution in [0.4, 0.5) is 0 Å². The minimum absolute atomic E-state index is 0.218. The molecule has 70 valence electrons. The van der Waals surface area contributed by atoms with Crippen molar-refractivity contribution in [2.24, 2.45) is 5.92 Å². The molecule has 2 heteroatoms. The Morgan fingerprint density at radius 1 is 1.23 bits per heavy atom. The van der Waals surface area contributed by atoms with E-state index in [1.54, 1.807) is 12.1 Å². The second kappa shape index (κ2) is 3.38. The molecule has 2 N–H and O–H groups in total. The monoisotopic (exact) mass is 178 g/mol. The number of phenolic OH excluding ortho intramolecular Hbond substituents is 1. The summed E-state index contributed by atoms with van der Waals surface area (Å²) in [5.41, 5.74) is 1.14. The third-order valence-electron chi connectivity index (χ3n) is 2.71. The maximum Gasteiger partial charge on any atom is 0.115 e. The number of aliphatic hydroxyl groups is 1. The molecule has 0 radical (unpaired) electrons. The van der Waals surface area contributed by atoms with E-state index in [2.05, 4.69) is 0 Å². The third-order valence-corrected chi connectivity index (χ3v) is 2.71. The lowest BCUT2D eigenvalue weighted by Crippen LogP contribution is -2.05. The van der Waals surface area contributed by atoms with Crippen LogP contribution in [-0.2, 0) is 0 Å². The lowest BCUT2D eigenvalue weighted by molar-refractivity contribution is 0.253. The first-order valence-corrected chi connectivity index (χ1v) is 4.71. The van der Waals surface area contributed by atoms with Crippen molar-refractivity contribution in [2.75, 3.05) is 6.61 Å². The largest absolute Gasteiger partial charge is 0.508 e. The second-order valence-corrected chi connectivity index (χ2v) is 3.72. The van der Waals surface area contributed by atoms with Crippen molar-refractivity contribution in [1.82, 2.24) is 0 Å². The van der Waals surface area contributed by atoms with E-state index in [4.69, 9.17) is 5.11 Å². The van der Waals surface area contributed by atoms with Crippen LogP contribution in [0.3, 0.4) is 0 Å². The summed E-state index contributed by atoms with van der Waals surface area (Å²) in [6.45, 7) is 0.218. The van der Waals surface area contributed by atoms with E-state index >= 15 is 0 Å². The van der Waals surface area contributed by atoms with Gasteiger partial charge in [0.25, 0.3) is 0 Å². The Labute approximate surface area is 77.8 Å². The van der Waals surface area contributed by atoms with E-state index in [-0.39, 0.29) is 18.3 Å². The molecule has 0 aromatic heterocycles. The Morgan fingerprint density at radius 3 is 2.31 bits per heavy atom. The highest BCUT2D eigenvalue weighted by Gasteiger charge is 2.31. The molecule has 0 spiro atoms. The van der Waals surface area contributed by atoms with Gasteiger partial charge in [0, 0.05) is 5.92 Å².